The molecule has 1 fully saturated rings. The molecule has 0 unspecified atom stereocenters. The van der Waals surface area contributed by atoms with E-state index in [2.05, 4.69) is 21.0 Å². The summed E-state index contributed by atoms with van der Waals surface area (Å²) in [5.74, 6) is 1.60. The van der Waals surface area contributed by atoms with Gasteiger partial charge in [0.2, 0.25) is 5.78 Å². The molecule has 5 aromatic rings. The van der Waals surface area contributed by atoms with Crippen LogP contribution in [0.25, 0.3) is 28.2 Å². The molecule has 6 rings (SSSR count). The van der Waals surface area contributed by atoms with E-state index in [1.54, 1.807) is 46.3 Å². The third-order valence-electron chi connectivity index (χ3n) is 7.22. The Kier molecular flexibility index (Phi) is 7.27. The molecule has 3 aromatic heterocycles. The quantitative estimate of drug-likeness (QED) is 0.291. The van der Waals surface area contributed by atoms with Crippen LogP contribution in [0.15, 0.2) is 71.9 Å². The first-order valence-electron chi connectivity index (χ1n) is 14.1. The van der Waals surface area contributed by atoms with E-state index in [9.17, 15) is 14.9 Å². The lowest BCUT2D eigenvalue weighted by Gasteiger charge is -2.33. The van der Waals surface area contributed by atoms with Crippen molar-refractivity contribution in [3.63, 3.8) is 0 Å². The van der Waals surface area contributed by atoms with Gasteiger partial charge in [-0.25, -0.2) is 19.7 Å². The van der Waals surface area contributed by atoms with E-state index in [-0.39, 0.29) is 17.8 Å². The SMILES string of the molecule is CC(C)(C)OC(=O)N1CCC(Oc2cnc(-c3cccc(Cn4c(=O)ccn5c6cc(C#N)ccc6nc45)c3)nc2)CC1. The van der Waals surface area contributed by atoms with Crippen molar-refractivity contribution in [1.82, 2.24) is 28.8 Å². The Hall–Kier alpha value is -5.24. The van der Waals surface area contributed by atoms with Gasteiger partial charge in [-0.1, -0.05) is 18.2 Å². The number of rotatable bonds is 5. The number of ether oxygens (including phenoxy) is 2. The van der Waals surface area contributed by atoms with Gasteiger partial charge < -0.3 is 14.4 Å². The Balaban J connectivity index is 1.14. The van der Waals surface area contributed by atoms with Crippen LogP contribution in [-0.2, 0) is 11.3 Å². The summed E-state index contributed by atoms with van der Waals surface area (Å²) in [7, 11) is 0. The normalized spacial score (nSPS) is 14.1. The molecule has 2 aromatic carbocycles. The summed E-state index contributed by atoms with van der Waals surface area (Å²) in [6, 6.07) is 16.6. The van der Waals surface area contributed by atoms with Gasteiger partial charge in [0, 0.05) is 43.8 Å². The fourth-order valence-electron chi connectivity index (χ4n) is 5.16. The molecule has 0 atom stereocenters. The Morgan fingerprint density at radius 2 is 1.84 bits per heavy atom. The summed E-state index contributed by atoms with van der Waals surface area (Å²) in [5, 5.41) is 9.30. The smallest absolute Gasteiger partial charge is 0.410 e. The highest BCUT2D eigenvalue weighted by Gasteiger charge is 2.27. The van der Waals surface area contributed by atoms with Crippen LogP contribution in [0.4, 0.5) is 4.79 Å². The third-order valence-corrected chi connectivity index (χ3v) is 7.22. The second kappa shape index (κ2) is 11.2. The first kappa shape index (κ1) is 27.9. The maximum Gasteiger partial charge on any atom is 0.410 e. The molecule has 11 nitrogen and oxygen atoms in total. The summed E-state index contributed by atoms with van der Waals surface area (Å²) in [6.07, 6.45) is 6.06. The van der Waals surface area contributed by atoms with Gasteiger partial charge in [0.05, 0.1) is 41.6 Å². The van der Waals surface area contributed by atoms with Crippen molar-refractivity contribution in [2.45, 2.75) is 51.9 Å². The molecule has 0 radical (unpaired) electrons. The first-order valence-corrected chi connectivity index (χ1v) is 14.1. The summed E-state index contributed by atoms with van der Waals surface area (Å²) in [4.78, 5) is 40.6. The molecule has 0 aliphatic carbocycles. The molecular formula is C32H31N7O4. The summed E-state index contributed by atoms with van der Waals surface area (Å²) in [5.41, 5.74) is 2.99. The topological polar surface area (TPSA) is 128 Å². The van der Waals surface area contributed by atoms with Gasteiger partial charge in [-0.05, 0) is 50.6 Å². The molecule has 43 heavy (non-hydrogen) atoms. The fourth-order valence-corrected chi connectivity index (χ4v) is 5.16. The monoisotopic (exact) mass is 577 g/mol. The predicted molar refractivity (Wildman–Crippen MR) is 160 cm³/mol. The van der Waals surface area contributed by atoms with Crippen LogP contribution in [-0.4, -0.2) is 59.7 Å². The molecule has 0 spiro atoms. The van der Waals surface area contributed by atoms with E-state index in [4.69, 9.17) is 9.47 Å². The van der Waals surface area contributed by atoms with Gasteiger partial charge in [-0.3, -0.25) is 13.8 Å². The molecule has 1 aliphatic rings. The maximum absolute atomic E-state index is 12.9. The molecule has 1 saturated heterocycles. The van der Waals surface area contributed by atoms with Gasteiger partial charge in [-0.2, -0.15) is 5.26 Å². The van der Waals surface area contributed by atoms with Gasteiger partial charge in [0.1, 0.15) is 11.7 Å². The zero-order valence-electron chi connectivity index (χ0n) is 24.2. The largest absolute Gasteiger partial charge is 0.487 e. The molecule has 0 N–H and O–H groups in total. The number of fused-ring (bicyclic) bond motifs is 3. The zero-order chi connectivity index (χ0) is 30.1. The minimum atomic E-state index is -0.520. The Bertz CT molecular complexity index is 1910. The van der Waals surface area contributed by atoms with Crippen LogP contribution >= 0.6 is 0 Å². The lowest BCUT2D eigenvalue weighted by atomic mass is 10.1. The number of carbonyl (C=O) groups is 1. The van der Waals surface area contributed by atoms with Crippen LogP contribution in [0.1, 0.15) is 44.7 Å². The highest BCUT2D eigenvalue weighted by molar-refractivity contribution is 5.81. The Morgan fingerprint density at radius 1 is 1.07 bits per heavy atom. The number of hydrogen-bond acceptors (Lipinski definition) is 8. The first-order chi connectivity index (χ1) is 20.7. The molecule has 4 heterocycles. The van der Waals surface area contributed by atoms with E-state index >= 15 is 0 Å². The summed E-state index contributed by atoms with van der Waals surface area (Å²) in [6.45, 7) is 7.01. The van der Waals surface area contributed by atoms with Crippen molar-refractivity contribution in [2.24, 2.45) is 0 Å². The highest BCUT2D eigenvalue weighted by atomic mass is 16.6. The van der Waals surface area contributed by atoms with E-state index in [0.29, 0.717) is 60.9 Å². The molecule has 218 valence electrons. The number of nitrogens with zero attached hydrogens (tertiary/aromatic N) is 7. The number of imidazole rings is 1. The molecule has 0 bridgehead atoms. The van der Waals surface area contributed by atoms with E-state index < -0.39 is 5.60 Å². The number of likely N-dealkylation sites (tertiary alicyclic amines) is 1. The summed E-state index contributed by atoms with van der Waals surface area (Å²) >= 11 is 0. The highest BCUT2D eigenvalue weighted by Crippen LogP contribution is 2.23. The number of piperidine rings is 1. The van der Waals surface area contributed by atoms with E-state index in [0.717, 1.165) is 16.6 Å². The average Bonchev–Trinajstić information content (AvgIpc) is 3.36. The van der Waals surface area contributed by atoms with Crippen molar-refractivity contribution in [2.75, 3.05) is 13.1 Å². The van der Waals surface area contributed by atoms with Gasteiger partial charge in [0.25, 0.3) is 5.56 Å². The minimum Gasteiger partial charge on any atom is -0.487 e. The minimum absolute atomic E-state index is 0.0386. The van der Waals surface area contributed by atoms with Gasteiger partial charge in [0.15, 0.2) is 11.6 Å². The maximum atomic E-state index is 12.9. The molecule has 1 aliphatic heterocycles. The molecule has 1 amide bonds. The standard InChI is InChI=1S/C32H31N7O4/c1-32(2,3)43-31(41)37-12-9-24(10-13-37)42-25-18-34-29(35-19-25)23-6-4-5-22(15-23)20-39-28(40)11-14-38-27-16-21(17-33)7-8-26(27)36-30(38)39/h4-8,11,14-16,18-19,24H,9-10,12-13,20H2,1-3H3. The molecule has 0 saturated carbocycles. The number of hydrogen-bond donors (Lipinski definition) is 0. The van der Waals surface area contributed by atoms with Crippen molar-refractivity contribution >= 4 is 22.9 Å². The summed E-state index contributed by atoms with van der Waals surface area (Å²) < 4.78 is 15.0. The van der Waals surface area contributed by atoms with Crippen LogP contribution in [0, 0.1) is 11.3 Å². The van der Waals surface area contributed by atoms with Crippen molar-refractivity contribution in [3.8, 4) is 23.2 Å². The molecular weight excluding hydrogens is 546 g/mol. The number of benzene rings is 2. The Labute approximate surface area is 248 Å². The Morgan fingerprint density at radius 3 is 2.56 bits per heavy atom. The van der Waals surface area contributed by atoms with Gasteiger partial charge >= 0.3 is 6.09 Å². The average molecular weight is 578 g/mol. The van der Waals surface area contributed by atoms with Gasteiger partial charge in [-0.15, -0.1) is 0 Å². The lowest BCUT2D eigenvalue weighted by molar-refractivity contribution is 0.0126. The number of amides is 1. The molecule has 11 heteroatoms. The van der Waals surface area contributed by atoms with Crippen LogP contribution in [0.3, 0.4) is 0 Å². The fraction of sp³-hybridized carbons (Fsp3) is 0.312. The second-order valence-electron chi connectivity index (χ2n) is 11.6. The van der Waals surface area contributed by atoms with Crippen LogP contribution < -0.4 is 10.3 Å². The number of aromatic nitrogens is 5. The zero-order valence-corrected chi connectivity index (χ0v) is 24.2. The second-order valence-corrected chi connectivity index (χ2v) is 11.6. The van der Waals surface area contributed by atoms with E-state index in [1.165, 1.54) is 6.07 Å². The van der Waals surface area contributed by atoms with Crippen LogP contribution in [0.2, 0.25) is 0 Å². The van der Waals surface area contributed by atoms with E-state index in [1.807, 2.05) is 49.4 Å². The van der Waals surface area contributed by atoms with Crippen molar-refractivity contribution < 1.29 is 14.3 Å². The number of nitriles is 1. The van der Waals surface area contributed by atoms with Crippen LogP contribution in [0.5, 0.6) is 5.75 Å². The number of carbonyl (C=O) groups excluding carboxylic acids is 1. The predicted octanol–water partition coefficient (Wildman–Crippen LogP) is 4.80. The lowest BCUT2D eigenvalue weighted by Crippen LogP contribution is -2.44. The third kappa shape index (κ3) is 6.04. The van der Waals surface area contributed by atoms with Crippen molar-refractivity contribution in [1.29, 1.82) is 5.26 Å². The van der Waals surface area contributed by atoms with Crippen molar-refractivity contribution in [3.05, 3.63) is 88.6 Å².